The van der Waals surface area contributed by atoms with Crippen LogP contribution in [0, 0.1) is 6.92 Å². The van der Waals surface area contributed by atoms with Crippen molar-refractivity contribution in [2.75, 3.05) is 18.5 Å². The molecule has 2 aromatic carbocycles. The highest BCUT2D eigenvalue weighted by atomic mass is 79.9. The maximum atomic E-state index is 10.7. The van der Waals surface area contributed by atoms with Crippen molar-refractivity contribution in [1.29, 1.82) is 0 Å². The van der Waals surface area contributed by atoms with Crippen molar-refractivity contribution in [3.8, 4) is 5.75 Å². The third kappa shape index (κ3) is 4.79. The lowest BCUT2D eigenvalue weighted by atomic mass is 10.2. The molecule has 2 aromatic rings. The fourth-order valence-corrected chi connectivity index (χ4v) is 2.50. The molecule has 0 amide bonds. The van der Waals surface area contributed by atoms with Gasteiger partial charge in [0.1, 0.15) is 12.4 Å². The second-order valence-corrected chi connectivity index (χ2v) is 5.54. The minimum Gasteiger partial charge on any atom is -0.492 e. The quantitative estimate of drug-likeness (QED) is 0.775. The average Bonchev–Trinajstić information content (AvgIpc) is 2.43. The van der Waals surface area contributed by atoms with Crippen LogP contribution in [-0.4, -0.2) is 24.2 Å². The molecule has 0 aromatic heterocycles. The molecular formula is C16H16BrNO3. The lowest BCUT2D eigenvalue weighted by Crippen LogP contribution is -2.11. The van der Waals surface area contributed by atoms with E-state index in [1.807, 2.05) is 19.1 Å². The van der Waals surface area contributed by atoms with Gasteiger partial charge in [-0.2, -0.15) is 0 Å². The Morgan fingerprint density at radius 2 is 1.95 bits per heavy atom. The molecular weight excluding hydrogens is 334 g/mol. The number of benzene rings is 2. The van der Waals surface area contributed by atoms with Crippen molar-refractivity contribution in [3.05, 3.63) is 58.1 Å². The van der Waals surface area contributed by atoms with E-state index >= 15 is 0 Å². The van der Waals surface area contributed by atoms with Crippen LogP contribution in [0.25, 0.3) is 0 Å². The summed E-state index contributed by atoms with van der Waals surface area (Å²) in [7, 11) is 0. The number of nitrogens with one attached hydrogen (secondary N) is 1. The summed E-state index contributed by atoms with van der Waals surface area (Å²) >= 11 is 3.46. The van der Waals surface area contributed by atoms with Crippen LogP contribution in [-0.2, 0) is 0 Å². The van der Waals surface area contributed by atoms with E-state index in [9.17, 15) is 4.79 Å². The Hall–Kier alpha value is -2.01. The Labute approximate surface area is 131 Å². The van der Waals surface area contributed by atoms with Crippen molar-refractivity contribution < 1.29 is 14.6 Å². The molecule has 5 heteroatoms. The smallest absolute Gasteiger partial charge is 0.335 e. The van der Waals surface area contributed by atoms with E-state index in [2.05, 4.69) is 27.3 Å². The van der Waals surface area contributed by atoms with Crippen molar-refractivity contribution in [1.82, 2.24) is 0 Å². The molecule has 2 rings (SSSR count). The lowest BCUT2D eigenvalue weighted by molar-refractivity contribution is 0.0697. The van der Waals surface area contributed by atoms with Crippen molar-refractivity contribution in [2.24, 2.45) is 0 Å². The zero-order chi connectivity index (χ0) is 15.2. The Morgan fingerprint density at radius 1 is 1.24 bits per heavy atom. The van der Waals surface area contributed by atoms with E-state index in [0.717, 1.165) is 10.2 Å². The van der Waals surface area contributed by atoms with E-state index in [-0.39, 0.29) is 5.56 Å². The Balaban J connectivity index is 1.80. The normalized spacial score (nSPS) is 10.2. The second kappa shape index (κ2) is 7.13. The van der Waals surface area contributed by atoms with E-state index in [1.165, 1.54) is 17.7 Å². The third-order valence-electron chi connectivity index (χ3n) is 2.84. The van der Waals surface area contributed by atoms with Gasteiger partial charge in [-0.15, -0.1) is 0 Å². The molecule has 0 aliphatic carbocycles. The van der Waals surface area contributed by atoms with Crippen LogP contribution in [0.5, 0.6) is 5.75 Å². The minimum absolute atomic E-state index is 0.255. The van der Waals surface area contributed by atoms with E-state index in [0.29, 0.717) is 18.9 Å². The molecule has 0 fully saturated rings. The first-order valence-electron chi connectivity index (χ1n) is 6.52. The standard InChI is InChI=1S/C16H16BrNO3/c1-11-8-13(17)10-14(9-11)18-6-7-21-15-4-2-12(3-5-15)16(19)20/h2-5,8-10,18H,6-7H2,1H3,(H,19,20). The molecule has 0 aliphatic rings. The summed E-state index contributed by atoms with van der Waals surface area (Å²) < 4.78 is 6.59. The Bertz CT molecular complexity index is 606. The van der Waals surface area contributed by atoms with Crippen molar-refractivity contribution >= 4 is 27.6 Å². The van der Waals surface area contributed by atoms with E-state index in [1.54, 1.807) is 12.1 Å². The first-order valence-corrected chi connectivity index (χ1v) is 7.31. The molecule has 0 unspecified atom stereocenters. The largest absolute Gasteiger partial charge is 0.492 e. The summed E-state index contributed by atoms with van der Waals surface area (Å²) in [5, 5.41) is 12.1. The topological polar surface area (TPSA) is 58.6 Å². The predicted octanol–water partition coefficient (Wildman–Crippen LogP) is 3.95. The number of carbonyl (C=O) groups is 1. The van der Waals surface area contributed by atoms with Gasteiger partial charge in [0.05, 0.1) is 5.56 Å². The number of ether oxygens (including phenoxy) is 1. The second-order valence-electron chi connectivity index (χ2n) is 4.62. The zero-order valence-electron chi connectivity index (χ0n) is 11.6. The Morgan fingerprint density at radius 3 is 2.57 bits per heavy atom. The van der Waals surface area contributed by atoms with Gasteiger partial charge in [-0.1, -0.05) is 15.9 Å². The highest BCUT2D eigenvalue weighted by Crippen LogP contribution is 2.19. The van der Waals surface area contributed by atoms with Crippen LogP contribution in [0.1, 0.15) is 15.9 Å². The first kappa shape index (κ1) is 15.4. The van der Waals surface area contributed by atoms with Crippen LogP contribution in [0.4, 0.5) is 5.69 Å². The molecule has 0 radical (unpaired) electrons. The van der Waals surface area contributed by atoms with Crippen LogP contribution >= 0.6 is 15.9 Å². The summed E-state index contributed by atoms with van der Waals surface area (Å²) in [6.07, 6.45) is 0. The van der Waals surface area contributed by atoms with Gasteiger partial charge >= 0.3 is 5.97 Å². The van der Waals surface area contributed by atoms with Gasteiger partial charge in [0.25, 0.3) is 0 Å². The Kier molecular flexibility index (Phi) is 5.22. The first-order chi connectivity index (χ1) is 10.0. The molecule has 4 nitrogen and oxygen atoms in total. The number of aromatic carboxylic acids is 1. The van der Waals surface area contributed by atoms with Gasteiger partial charge in [0.2, 0.25) is 0 Å². The van der Waals surface area contributed by atoms with Gasteiger partial charge in [0, 0.05) is 16.7 Å². The molecule has 0 aliphatic heterocycles. The SMILES string of the molecule is Cc1cc(Br)cc(NCCOc2ccc(C(=O)O)cc2)c1. The summed E-state index contributed by atoms with van der Waals surface area (Å²) in [6, 6.07) is 12.5. The lowest BCUT2D eigenvalue weighted by Gasteiger charge is -2.10. The van der Waals surface area contributed by atoms with Crippen LogP contribution in [0.15, 0.2) is 46.9 Å². The van der Waals surface area contributed by atoms with E-state index in [4.69, 9.17) is 9.84 Å². The number of hydrogen-bond acceptors (Lipinski definition) is 3. The molecule has 0 atom stereocenters. The number of carboxylic acids is 1. The third-order valence-corrected chi connectivity index (χ3v) is 3.30. The zero-order valence-corrected chi connectivity index (χ0v) is 13.2. The average molecular weight is 350 g/mol. The number of anilines is 1. The van der Waals surface area contributed by atoms with Crippen LogP contribution in [0.3, 0.4) is 0 Å². The van der Waals surface area contributed by atoms with Gasteiger partial charge < -0.3 is 15.2 Å². The molecule has 21 heavy (non-hydrogen) atoms. The maximum Gasteiger partial charge on any atom is 0.335 e. The fourth-order valence-electron chi connectivity index (χ4n) is 1.90. The summed E-state index contributed by atoms with van der Waals surface area (Å²) in [6.45, 7) is 3.20. The van der Waals surface area contributed by atoms with Crippen LogP contribution < -0.4 is 10.1 Å². The molecule has 0 saturated carbocycles. The number of halogens is 1. The van der Waals surface area contributed by atoms with Gasteiger partial charge in [-0.3, -0.25) is 0 Å². The molecule has 0 spiro atoms. The maximum absolute atomic E-state index is 10.7. The highest BCUT2D eigenvalue weighted by Gasteiger charge is 2.02. The molecule has 0 heterocycles. The summed E-state index contributed by atoms with van der Waals surface area (Å²) in [5.41, 5.74) is 2.47. The van der Waals surface area contributed by atoms with Crippen molar-refractivity contribution in [3.63, 3.8) is 0 Å². The molecule has 2 N–H and O–H groups in total. The van der Waals surface area contributed by atoms with Crippen molar-refractivity contribution in [2.45, 2.75) is 6.92 Å². The van der Waals surface area contributed by atoms with Crippen LogP contribution in [0.2, 0.25) is 0 Å². The van der Waals surface area contributed by atoms with Gasteiger partial charge in [-0.25, -0.2) is 4.79 Å². The minimum atomic E-state index is -0.937. The van der Waals surface area contributed by atoms with Gasteiger partial charge in [0.15, 0.2) is 0 Å². The number of carboxylic acid groups (broad SMARTS) is 1. The van der Waals surface area contributed by atoms with E-state index < -0.39 is 5.97 Å². The summed E-state index contributed by atoms with van der Waals surface area (Å²) in [4.78, 5) is 10.7. The number of rotatable bonds is 6. The number of hydrogen-bond donors (Lipinski definition) is 2. The summed E-state index contributed by atoms with van der Waals surface area (Å²) in [5.74, 6) is -0.277. The monoisotopic (exact) mass is 349 g/mol. The molecule has 0 bridgehead atoms. The predicted molar refractivity (Wildman–Crippen MR) is 86.3 cm³/mol. The van der Waals surface area contributed by atoms with Gasteiger partial charge in [-0.05, 0) is 55.0 Å². The molecule has 0 saturated heterocycles. The molecule has 110 valence electrons. The fraction of sp³-hybridized carbons (Fsp3) is 0.188. The number of aryl methyl sites for hydroxylation is 1. The highest BCUT2D eigenvalue weighted by molar-refractivity contribution is 9.10.